The third kappa shape index (κ3) is 15.6. The van der Waals surface area contributed by atoms with Gasteiger partial charge in [0.15, 0.2) is 0 Å². The lowest BCUT2D eigenvalue weighted by Crippen LogP contribution is -2.23. The van der Waals surface area contributed by atoms with Crippen LogP contribution in [0.15, 0.2) is 11.6 Å². The lowest BCUT2D eigenvalue weighted by molar-refractivity contribution is -0.154. The van der Waals surface area contributed by atoms with E-state index >= 15 is 0 Å². The zero-order chi connectivity index (χ0) is 15.4. The van der Waals surface area contributed by atoms with Crippen LogP contribution in [0.1, 0.15) is 85.0 Å². The summed E-state index contributed by atoms with van der Waals surface area (Å²) >= 11 is 5.71. The van der Waals surface area contributed by atoms with Gasteiger partial charge in [0.25, 0.3) is 0 Å². The van der Waals surface area contributed by atoms with Gasteiger partial charge >= 0.3 is 5.97 Å². The van der Waals surface area contributed by atoms with Crippen LogP contribution >= 0.6 is 11.6 Å². The number of unbranched alkanes of at least 4 members (excludes halogenated alkanes) is 7. The predicted molar refractivity (Wildman–Crippen MR) is 87.0 cm³/mol. The van der Waals surface area contributed by atoms with Gasteiger partial charge in [0.2, 0.25) is 0 Å². The molecule has 0 fully saturated rings. The number of carbonyl (C=O) groups is 1. The number of esters is 1. The fraction of sp³-hybridized carbons (Fsp3) is 0.824. The Hall–Kier alpha value is -0.500. The van der Waals surface area contributed by atoms with E-state index < -0.39 is 0 Å². The van der Waals surface area contributed by atoms with Crippen molar-refractivity contribution in [3.8, 4) is 0 Å². The highest BCUT2D eigenvalue weighted by Crippen LogP contribution is 2.14. The van der Waals surface area contributed by atoms with Gasteiger partial charge in [-0.2, -0.15) is 0 Å². The van der Waals surface area contributed by atoms with E-state index in [-0.39, 0.29) is 11.6 Å². The summed E-state index contributed by atoms with van der Waals surface area (Å²) < 4.78 is 5.27. The normalized spacial score (nSPS) is 11.4. The summed E-state index contributed by atoms with van der Waals surface area (Å²) in [5, 5.41) is 0.771. The lowest BCUT2D eigenvalue weighted by atomic mass is 10.1. The Bertz CT molecular complexity index is 279. The first-order chi connectivity index (χ1) is 9.31. The number of ether oxygens (including phenoxy) is 1. The van der Waals surface area contributed by atoms with Crippen LogP contribution in [0.5, 0.6) is 0 Å². The lowest BCUT2D eigenvalue weighted by Gasteiger charge is -2.19. The van der Waals surface area contributed by atoms with Gasteiger partial charge in [-0.05, 0) is 40.0 Å². The molecule has 0 aliphatic carbocycles. The molecule has 0 aliphatic heterocycles. The van der Waals surface area contributed by atoms with Crippen molar-refractivity contribution in [3.05, 3.63) is 11.6 Å². The summed E-state index contributed by atoms with van der Waals surface area (Å²) in [5.41, 5.74) is -0.356. The third-order valence-corrected chi connectivity index (χ3v) is 3.19. The summed E-state index contributed by atoms with van der Waals surface area (Å²) in [5.74, 6) is -0.0706. The molecule has 118 valence electrons. The Morgan fingerprint density at radius 1 is 0.900 bits per heavy atom. The van der Waals surface area contributed by atoms with E-state index in [1.807, 2.05) is 20.8 Å². The average molecular weight is 303 g/mol. The Labute approximate surface area is 129 Å². The molecule has 0 saturated carbocycles. The van der Waals surface area contributed by atoms with E-state index in [2.05, 4.69) is 6.58 Å². The quantitative estimate of drug-likeness (QED) is 0.346. The van der Waals surface area contributed by atoms with Crippen LogP contribution in [0.4, 0.5) is 0 Å². The van der Waals surface area contributed by atoms with Crippen molar-refractivity contribution >= 4 is 17.6 Å². The van der Waals surface area contributed by atoms with Crippen LogP contribution in [0.2, 0.25) is 0 Å². The molecule has 0 aliphatic rings. The molecule has 0 aromatic rings. The summed E-state index contributed by atoms with van der Waals surface area (Å²) in [4.78, 5) is 11.5. The molecule has 0 bridgehead atoms. The van der Waals surface area contributed by atoms with Crippen LogP contribution in [0, 0.1) is 0 Å². The SMILES string of the molecule is C=C(Cl)CCCCCCCCCCC(=O)OC(C)(C)C. The number of allylic oxidation sites excluding steroid dienone is 1. The van der Waals surface area contributed by atoms with Crippen LogP contribution in [-0.2, 0) is 9.53 Å². The van der Waals surface area contributed by atoms with E-state index in [0.717, 1.165) is 30.7 Å². The minimum absolute atomic E-state index is 0.0706. The van der Waals surface area contributed by atoms with E-state index in [9.17, 15) is 4.79 Å². The van der Waals surface area contributed by atoms with Crippen molar-refractivity contribution < 1.29 is 9.53 Å². The van der Waals surface area contributed by atoms with E-state index in [1.54, 1.807) is 0 Å². The van der Waals surface area contributed by atoms with Crippen LogP contribution in [-0.4, -0.2) is 11.6 Å². The van der Waals surface area contributed by atoms with Gasteiger partial charge in [-0.3, -0.25) is 4.79 Å². The molecule has 0 rings (SSSR count). The highest BCUT2D eigenvalue weighted by molar-refractivity contribution is 6.29. The first kappa shape index (κ1) is 19.5. The van der Waals surface area contributed by atoms with Crippen LogP contribution in [0.3, 0.4) is 0 Å². The standard InChI is InChI=1S/C17H31ClO2/c1-15(18)13-11-9-7-5-6-8-10-12-14-16(19)20-17(2,3)4/h1,5-14H2,2-4H3. The average Bonchev–Trinajstić information content (AvgIpc) is 2.28. The third-order valence-electron chi connectivity index (χ3n) is 3.00. The maximum absolute atomic E-state index is 11.5. The second-order valence-corrected chi connectivity index (χ2v) is 6.97. The molecule has 0 unspecified atom stereocenters. The number of hydrogen-bond donors (Lipinski definition) is 0. The molecule has 0 atom stereocenters. The van der Waals surface area contributed by atoms with Crippen molar-refractivity contribution in [1.82, 2.24) is 0 Å². The first-order valence-electron chi connectivity index (χ1n) is 7.86. The molecule has 0 amide bonds. The molecule has 0 spiro atoms. The fourth-order valence-corrected chi connectivity index (χ4v) is 2.17. The van der Waals surface area contributed by atoms with Gasteiger partial charge in [-0.1, -0.05) is 56.7 Å². The number of rotatable bonds is 11. The summed E-state index contributed by atoms with van der Waals surface area (Å²) in [7, 11) is 0. The van der Waals surface area contributed by atoms with Crippen molar-refractivity contribution in [3.63, 3.8) is 0 Å². The van der Waals surface area contributed by atoms with Crippen molar-refractivity contribution in [2.24, 2.45) is 0 Å². The second kappa shape index (κ2) is 11.2. The minimum Gasteiger partial charge on any atom is -0.460 e. The molecule has 0 heterocycles. The van der Waals surface area contributed by atoms with Gasteiger partial charge in [0.1, 0.15) is 5.60 Å². The molecular formula is C17H31ClO2. The first-order valence-corrected chi connectivity index (χ1v) is 8.24. The largest absolute Gasteiger partial charge is 0.460 e. The summed E-state index contributed by atoms with van der Waals surface area (Å²) in [6.07, 6.45) is 11.0. The Morgan fingerprint density at radius 2 is 1.30 bits per heavy atom. The highest BCUT2D eigenvalue weighted by atomic mass is 35.5. The molecule has 2 nitrogen and oxygen atoms in total. The Morgan fingerprint density at radius 3 is 1.70 bits per heavy atom. The zero-order valence-electron chi connectivity index (χ0n) is 13.5. The molecular weight excluding hydrogens is 272 g/mol. The van der Waals surface area contributed by atoms with Gasteiger partial charge in [0.05, 0.1) is 0 Å². The molecule has 3 heteroatoms. The van der Waals surface area contributed by atoms with Gasteiger partial charge in [0, 0.05) is 11.5 Å². The van der Waals surface area contributed by atoms with Crippen molar-refractivity contribution in [2.75, 3.05) is 0 Å². The minimum atomic E-state index is -0.356. The van der Waals surface area contributed by atoms with Crippen LogP contribution in [0.25, 0.3) is 0 Å². The molecule has 0 N–H and O–H groups in total. The van der Waals surface area contributed by atoms with Crippen LogP contribution < -0.4 is 0 Å². The van der Waals surface area contributed by atoms with Gasteiger partial charge < -0.3 is 4.74 Å². The summed E-state index contributed by atoms with van der Waals surface area (Å²) in [6.45, 7) is 9.41. The number of hydrogen-bond acceptors (Lipinski definition) is 2. The molecule has 0 aromatic heterocycles. The topological polar surface area (TPSA) is 26.3 Å². The maximum atomic E-state index is 11.5. The van der Waals surface area contributed by atoms with E-state index in [1.165, 1.54) is 32.1 Å². The summed E-state index contributed by atoms with van der Waals surface area (Å²) in [6, 6.07) is 0. The maximum Gasteiger partial charge on any atom is 0.306 e. The predicted octanol–water partition coefficient (Wildman–Crippen LogP) is 5.98. The van der Waals surface area contributed by atoms with E-state index in [0.29, 0.717) is 6.42 Å². The Balaban J connectivity index is 3.25. The van der Waals surface area contributed by atoms with Gasteiger partial charge in [-0.25, -0.2) is 0 Å². The van der Waals surface area contributed by atoms with Crippen molar-refractivity contribution in [2.45, 2.75) is 90.6 Å². The van der Waals surface area contributed by atoms with E-state index in [4.69, 9.17) is 16.3 Å². The smallest absolute Gasteiger partial charge is 0.306 e. The Kier molecular flexibility index (Phi) is 10.9. The van der Waals surface area contributed by atoms with Crippen molar-refractivity contribution in [1.29, 1.82) is 0 Å². The highest BCUT2D eigenvalue weighted by Gasteiger charge is 2.15. The fourth-order valence-electron chi connectivity index (χ4n) is 2.04. The molecule has 0 radical (unpaired) electrons. The molecule has 0 saturated heterocycles. The monoisotopic (exact) mass is 302 g/mol. The molecule has 0 aromatic carbocycles. The van der Waals surface area contributed by atoms with Gasteiger partial charge in [-0.15, -0.1) is 0 Å². The zero-order valence-corrected chi connectivity index (χ0v) is 14.2. The number of carbonyl (C=O) groups excluding carboxylic acids is 1. The second-order valence-electron chi connectivity index (χ2n) is 6.43. The molecule has 20 heavy (non-hydrogen) atoms. The number of halogens is 1.